The third-order valence-corrected chi connectivity index (χ3v) is 6.99. The zero-order valence-corrected chi connectivity index (χ0v) is 17.0. The molecule has 1 aliphatic rings. The average molecular weight is 407 g/mol. The van der Waals surface area contributed by atoms with E-state index in [-0.39, 0.29) is 10.8 Å². The molecular weight excluding hydrogens is 380 g/mol. The highest BCUT2D eigenvalue weighted by Gasteiger charge is 2.40. The van der Waals surface area contributed by atoms with Gasteiger partial charge < -0.3 is 14.6 Å². The summed E-state index contributed by atoms with van der Waals surface area (Å²) in [6, 6.07) is 4.28. The number of aromatic nitrogens is 2. The van der Waals surface area contributed by atoms with E-state index in [0.29, 0.717) is 37.2 Å². The second-order valence-corrected chi connectivity index (χ2v) is 8.71. The summed E-state index contributed by atoms with van der Waals surface area (Å²) in [4.78, 5) is 16.8. The average Bonchev–Trinajstić information content (AvgIpc) is 3.37. The van der Waals surface area contributed by atoms with Gasteiger partial charge in [-0.25, -0.2) is 13.4 Å². The lowest BCUT2D eigenvalue weighted by molar-refractivity contribution is -0.124. The lowest BCUT2D eigenvalue weighted by Crippen LogP contribution is -2.46. The molecule has 9 heteroatoms. The second kappa shape index (κ2) is 8.74. The van der Waals surface area contributed by atoms with E-state index < -0.39 is 16.1 Å². The molecule has 0 saturated carbocycles. The van der Waals surface area contributed by atoms with Gasteiger partial charge in [0.1, 0.15) is 11.8 Å². The van der Waals surface area contributed by atoms with Gasteiger partial charge in [-0.15, -0.1) is 0 Å². The van der Waals surface area contributed by atoms with Crippen LogP contribution in [0.4, 0.5) is 0 Å². The van der Waals surface area contributed by atoms with Crippen molar-refractivity contribution in [1.29, 1.82) is 0 Å². The van der Waals surface area contributed by atoms with E-state index in [9.17, 15) is 13.2 Å². The highest BCUT2D eigenvalue weighted by atomic mass is 32.2. The van der Waals surface area contributed by atoms with Gasteiger partial charge in [-0.2, -0.15) is 4.31 Å². The third kappa shape index (κ3) is 4.36. The maximum Gasteiger partial charge on any atom is 0.244 e. The van der Waals surface area contributed by atoms with Crippen molar-refractivity contribution >= 4 is 15.9 Å². The van der Waals surface area contributed by atoms with Gasteiger partial charge >= 0.3 is 0 Å². The Bertz CT molecular complexity index is 912. The second-order valence-electron chi connectivity index (χ2n) is 6.85. The fourth-order valence-electron chi connectivity index (χ4n) is 3.41. The van der Waals surface area contributed by atoms with Crippen LogP contribution in [0.15, 0.2) is 41.8 Å². The smallest absolute Gasteiger partial charge is 0.244 e. The summed E-state index contributed by atoms with van der Waals surface area (Å²) in [5, 5.41) is 2.87. The van der Waals surface area contributed by atoms with Crippen molar-refractivity contribution in [3.05, 3.63) is 42.5 Å². The summed E-state index contributed by atoms with van der Waals surface area (Å²) in [6.45, 7) is 3.31. The monoisotopic (exact) mass is 406 g/mol. The van der Waals surface area contributed by atoms with Crippen LogP contribution < -0.4 is 10.1 Å². The number of carbonyl (C=O) groups excluding carboxylic acids is 1. The first-order valence-corrected chi connectivity index (χ1v) is 10.8. The molecule has 1 N–H and O–H groups in total. The van der Waals surface area contributed by atoms with Crippen LogP contribution in [0.3, 0.4) is 0 Å². The quantitative estimate of drug-likeness (QED) is 0.672. The molecule has 0 unspecified atom stereocenters. The Balaban J connectivity index is 1.66. The molecule has 3 rings (SSSR count). The van der Waals surface area contributed by atoms with Gasteiger partial charge in [0.2, 0.25) is 15.9 Å². The lowest BCUT2D eigenvalue weighted by atomic mass is 10.2. The molecular formula is C19H26N4O4S. The molecule has 1 atom stereocenters. The summed E-state index contributed by atoms with van der Waals surface area (Å²) in [5.74, 6) is 0.233. The van der Waals surface area contributed by atoms with Gasteiger partial charge in [0.25, 0.3) is 0 Å². The summed E-state index contributed by atoms with van der Waals surface area (Å²) in [5.41, 5.74) is 0.632. The topological polar surface area (TPSA) is 93.5 Å². The molecule has 1 saturated heterocycles. The Morgan fingerprint density at radius 1 is 1.39 bits per heavy atom. The Morgan fingerprint density at radius 3 is 2.93 bits per heavy atom. The number of amides is 1. The maximum absolute atomic E-state index is 13.2. The maximum atomic E-state index is 13.2. The molecule has 0 aliphatic carbocycles. The first-order chi connectivity index (χ1) is 13.4. The minimum absolute atomic E-state index is 0.187. The number of benzene rings is 1. The lowest BCUT2D eigenvalue weighted by Gasteiger charge is -2.24. The number of nitrogens with zero attached hydrogens (tertiary/aromatic N) is 3. The van der Waals surface area contributed by atoms with Crippen LogP contribution in [0.2, 0.25) is 0 Å². The van der Waals surface area contributed by atoms with E-state index in [1.807, 2.05) is 10.8 Å². The van der Waals surface area contributed by atoms with Crippen molar-refractivity contribution in [1.82, 2.24) is 19.2 Å². The van der Waals surface area contributed by atoms with E-state index >= 15 is 0 Å². The Morgan fingerprint density at radius 2 is 2.21 bits per heavy atom. The van der Waals surface area contributed by atoms with Gasteiger partial charge in [-0.1, -0.05) is 6.07 Å². The van der Waals surface area contributed by atoms with E-state index in [2.05, 4.69) is 10.3 Å². The minimum Gasteiger partial charge on any atom is -0.497 e. The van der Waals surface area contributed by atoms with E-state index in [1.165, 1.54) is 17.5 Å². The number of sulfonamides is 1. The summed E-state index contributed by atoms with van der Waals surface area (Å²) >= 11 is 0. The molecule has 0 radical (unpaired) electrons. The van der Waals surface area contributed by atoms with Crippen molar-refractivity contribution < 1.29 is 17.9 Å². The van der Waals surface area contributed by atoms with Gasteiger partial charge in [-0.3, -0.25) is 4.79 Å². The van der Waals surface area contributed by atoms with Crippen LogP contribution in [0, 0.1) is 6.92 Å². The minimum atomic E-state index is -3.78. The molecule has 1 fully saturated rings. The largest absolute Gasteiger partial charge is 0.497 e. The zero-order valence-electron chi connectivity index (χ0n) is 16.2. The van der Waals surface area contributed by atoms with Gasteiger partial charge in [-0.05, 0) is 37.8 Å². The first-order valence-electron chi connectivity index (χ1n) is 9.33. The number of hydrogen-bond acceptors (Lipinski definition) is 5. The predicted octanol–water partition coefficient (Wildman–Crippen LogP) is 1.56. The molecule has 1 amide bonds. The molecule has 2 heterocycles. The zero-order chi connectivity index (χ0) is 20.1. The van der Waals surface area contributed by atoms with Crippen LogP contribution in [-0.4, -0.2) is 54.4 Å². The number of methoxy groups -OCH3 is 1. The molecule has 0 spiro atoms. The number of aryl methyl sites for hydroxylation is 2. The fraction of sp³-hybridized carbons (Fsp3) is 0.474. The Labute approximate surface area is 165 Å². The third-order valence-electron chi connectivity index (χ3n) is 4.94. The van der Waals surface area contributed by atoms with Gasteiger partial charge in [0, 0.05) is 38.1 Å². The predicted molar refractivity (Wildman–Crippen MR) is 104 cm³/mol. The molecule has 2 aromatic rings. The molecule has 1 aromatic carbocycles. The summed E-state index contributed by atoms with van der Waals surface area (Å²) < 4.78 is 34.8. The molecule has 152 valence electrons. The highest BCUT2D eigenvalue weighted by Crippen LogP contribution is 2.30. The van der Waals surface area contributed by atoms with E-state index in [4.69, 9.17) is 4.74 Å². The number of hydrogen-bond donors (Lipinski definition) is 1. The summed E-state index contributed by atoms with van der Waals surface area (Å²) in [6.07, 6.45) is 7.23. The normalized spacial score (nSPS) is 17.6. The van der Waals surface area contributed by atoms with Gasteiger partial charge in [0.15, 0.2) is 0 Å². The SMILES string of the molecule is COc1ccc(C)c(S(=O)(=O)N2CCC[C@H]2C(=O)NCCCn2ccnc2)c1. The van der Waals surface area contributed by atoms with E-state index in [1.54, 1.807) is 31.6 Å². The van der Waals surface area contributed by atoms with Crippen LogP contribution in [0.25, 0.3) is 0 Å². The molecule has 1 aromatic heterocycles. The van der Waals surface area contributed by atoms with Crippen molar-refractivity contribution in [3.63, 3.8) is 0 Å². The molecule has 0 bridgehead atoms. The van der Waals surface area contributed by atoms with Gasteiger partial charge in [0.05, 0.1) is 18.3 Å². The van der Waals surface area contributed by atoms with Crippen LogP contribution in [-0.2, 0) is 21.4 Å². The number of ether oxygens (including phenoxy) is 1. The number of nitrogens with one attached hydrogen (secondary N) is 1. The van der Waals surface area contributed by atoms with Crippen molar-refractivity contribution in [2.75, 3.05) is 20.2 Å². The number of carbonyl (C=O) groups is 1. The fourth-order valence-corrected chi connectivity index (χ4v) is 5.31. The standard InChI is InChI=1S/C19H26N4O4S/c1-15-6-7-16(27-2)13-18(15)28(25,26)23-11-3-5-17(23)19(24)21-8-4-10-22-12-9-20-14-22/h6-7,9,12-14,17H,3-5,8,10-11H2,1-2H3,(H,21,24)/t17-/m0/s1. The van der Waals surface area contributed by atoms with Crippen LogP contribution in [0.5, 0.6) is 5.75 Å². The molecule has 28 heavy (non-hydrogen) atoms. The van der Waals surface area contributed by atoms with Crippen molar-refractivity contribution in [2.45, 2.75) is 43.7 Å². The number of rotatable bonds is 8. The number of imidazole rings is 1. The van der Waals surface area contributed by atoms with Crippen molar-refractivity contribution in [3.8, 4) is 5.75 Å². The summed E-state index contributed by atoms with van der Waals surface area (Å²) in [7, 11) is -2.29. The van der Waals surface area contributed by atoms with Crippen LogP contribution >= 0.6 is 0 Å². The molecule has 1 aliphatic heterocycles. The Kier molecular flexibility index (Phi) is 6.35. The Hall–Kier alpha value is -2.39. The van der Waals surface area contributed by atoms with E-state index in [0.717, 1.165) is 13.0 Å². The van der Waals surface area contributed by atoms with Crippen LogP contribution in [0.1, 0.15) is 24.8 Å². The molecule has 8 nitrogen and oxygen atoms in total. The first kappa shape index (κ1) is 20.3. The highest BCUT2D eigenvalue weighted by molar-refractivity contribution is 7.89. The van der Waals surface area contributed by atoms with Crippen molar-refractivity contribution in [2.24, 2.45) is 0 Å².